The van der Waals surface area contributed by atoms with E-state index < -0.39 is 0 Å². The molecule has 9 aromatic rings. The molecule has 0 aliphatic carbocycles. The Kier molecular flexibility index (Phi) is 15.4. The third-order valence-corrected chi connectivity index (χ3v) is 19.0. The van der Waals surface area contributed by atoms with Gasteiger partial charge in [-0.3, -0.25) is 0 Å². The molecule has 2 N–H and O–H groups in total. The highest BCUT2D eigenvalue weighted by atomic mass is 127. The second kappa shape index (κ2) is 21.6. The lowest BCUT2D eigenvalue weighted by Gasteiger charge is -2.26. The molecule has 0 radical (unpaired) electrons. The summed E-state index contributed by atoms with van der Waals surface area (Å²) in [6.07, 6.45) is 2.32. The van der Waals surface area contributed by atoms with E-state index in [2.05, 4.69) is 326 Å². The maximum absolute atomic E-state index is 6.16. The number of fused-ring (bicyclic) bond motifs is 12. The van der Waals surface area contributed by atoms with Gasteiger partial charge in [0.2, 0.25) is 0 Å². The number of nitrogens with zero attached hydrogens (tertiary/aromatic N) is 4. The van der Waals surface area contributed by atoms with Crippen LogP contribution in [0.25, 0.3) is 110 Å². The summed E-state index contributed by atoms with van der Waals surface area (Å²) in [6.45, 7) is 55.7. The second-order valence-corrected chi connectivity index (χ2v) is 35.0. The molecule has 2 aliphatic rings. The van der Waals surface area contributed by atoms with Crippen LogP contribution in [0, 0.1) is 0 Å². The molecule has 460 valence electrons. The molecule has 8 bridgehead atoms. The first kappa shape index (κ1) is 63.6. The molecule has 0 saturated carbocycles. The number of aromatic nitrogens is 6. The summed E-state index contributed by atoms with van der Waals surface area (Å²) in [5.41, 5.74) is 27.4. The van der Waals surface area contributed by atoms with Crippen LogP contribution in [0.2, 0.25) is 0 Å². The van der Waals surface area contributed by atoms with E-state index in [1.807, 2.05) is 0 Å². The van der Waals surface area contributed by atoms with Crippen LogP contribution in [0.5, 0.6) is 0 Å². The SMILES string of the molecule is CC(C)(C)c1cc(-c2c3nc(c(-c4cc(C(C)(C)C)cc(C(C)(C)C)c4)c4ccc([nH]4)c(-c4cc(C(C)(C)C)cc(C(C)(C)C)c4)c4nc(c(-c5cc(C(C)(C)C)cc(C(C)(C)C)c5)c5ccc2[nH]5)-c2nc5ccccc5nc2-4)C(I)=C3)cc(C(C)(C)C)c1. The third kappa shape index (κ3) is 12.4. The number of rotatable bonds is 4. The third-order valence-electron chi connectivity index (χ3n) is 18.2. The van der Waals surface area contributed by atoms with Crippen LogP contribution in [-0.2, 0) is 43.3 Å². The summed E-state index contributed by atoms with van der Waals surface area (Å²) in [4.78, 5) is 32.0. The summed E-state index contributed by atoms with van der Waals surface area (Å²) >= 11 is 2.58. The van der Waals surface area contributed by atoms with Gasteiger partial charge >= 0.3 is 0 Å². The summed E-state index contributed by atoms with van der Waals surface area (Å²) in [6, 6.07) is 46.3. The molecule has 7 heteroatoms. The molecule has 11 rings (SSSR count). The predicted octanol–water partition coefficient (Wildman–Crippen LogP) is 23.6. The Balaban J connectivity index is 1.47. The van der Waals surface area contributed by atoms with E-state index in [0.717, 1.165) is 115 Å². The second-order valence-electron chi connectivity index (χ2n) is 33.8. The fourth-order valence-corrected chi connectivity index (χ4v) is 12.9. The number of benzene rings is 5. The van der Waals surface area contributed by atoms with E-state index >= 15 is 0 Å². The van der Waals surface area contributed by atoms with Crippen molar-refractivity contribution in [3.63, 3.8) is 0 Å². The normalized spacial score (nSPS) is 13.7. The number of hydrogen-bond donors (Lipinski definition) is 2. The van der Waals surface area contributed by atoms with Crippen LogP contribution in [-0.4, -0.2) is 29.9 Å². The monoisotopic (exact) mass is 1290 g/mol. The Labute approximate surface area is 545 Å². The first-order valence-corrected chi connectivity index (χ1v) is 33.2. The fourth-order valence-electron chi connectivity index (χ4n) is 12.2. The van der Waals surface area contributed by atoms with E-state index in [1.54, 1.807) is 0 Å². The van der Waals surface area contributed by atoms with Crippen LogP contribution in [0.3, 0.4) is 0 Å². The van der Waals surface area contributed by atoms with E-state index in [0.29, 0.717) is 0 Å². The molecule has 89 heavy (non-hydrogen) atoms. The molecule has 0 fully saturated rings. The molecule has 0 amide bonds. The summed E-state index contributed by atoms with van der Waals surface area (Å²) < 4.78 is 1.06. The Bertz CT molecular complexity index is 4430. The molecule has 4 aromatic heterocycles. The molecule has 6 heterocycles. The minimum Gasteiger partial charge on any atom is -0.354 e. The van der Waals surface area contributed by atoms with Gasteiger partial charge < -0.3 is 9.97 Å². The van der Waals surface area contributed by atoms with Crippen molar-refractivity contribution in [2.75, 3.05) is 0 Å². The van der Waals surface area contributed by atoms with E-state index in [9.17, 15) is 0 Å². The van der Waals surface area contributed by atoms with Crippen LogP contribution in [0.15, 0.2) is 121 Å². The van der Waals surface area contributed by atoms with Gasteiger partial charge in [-0.05, 0) is 175 Å². The molecule has 0 atom stereocenters. The number of aromatic amines is 2. The van der Waals surface area contributed by atoms with Gasteiger partial charge in [-0.1, -0.05) is 251 Å². The van der Waals surface area contributed by atoms with Crippen molar-refractivity contribution in [1.82, 2.24) is 29.9 Å². The molecule has 5 aromatic carbocycles. The van der Waals surface area contributed by atoms with Crippen molar-refractivity contribution in [3.8, 4) is 67.3 Å². The molecule has 0 spiro atoms. The predicted molar refractivity (Wildman–Crippen MR) is 392 cm³/mol. The van der Waals surface area contributed by atoms with Crippen LogP contribution >= 0.6 is 22.6 Å². The lowest BCUT2D eigenvalue weighted by atomic mass is 9.78. The standard InChI is InChI=1S/C82H95IN6/c1-75(2,3)50-33-46(34-51(41-50)76(4,5)6)66-61-29-30-63(84-61)68(48-37-54(79(13,14)15)43-55(38-48)80(16,17)18)71-73-74(87-60-28-26-25-27-59(60)86-73)72(89-71)69(49-39-56(81(19,20)21)44-57(40-49)82(22,23)24)64-32-31-62(85-64)67(70-58(83)45-65(66)88-70)47-35-52(77(7,8)9)42-53(36-47)78(10,11)12/h25-45,84-85H,1-24H3. The molecule has 6 nitrogen and oxygen atoms in total. The van der Waals surface area contributed by atoms with Crippen molar-refractivity contribution < 1.29 is 0 Å². The minimum atomic E-state index is -0.173. The highest BCUT2D eigenvalue weighted by molar-refractivity contribution is 14.1. The maximum Gasteiger partial charge on any atom is 0.118 e. The largest absolute Gasteiger partial charge is 0.354 e. The molecule has 2 aliphatic heterocycles. The Morgan fingerprint density at radius 2 is 0.517 bits per heavy atom. The van der Waals surface area contributed by atoms with Gasteiger partial charge in [0.25, 0.3) is 0 Å². The van der Waals surface area contributed by atoms with E-state index in [-0.39, 0.29) is 43.3 Å². The van der Waals surface area contributed by atoms with E-state index in [1.165, 1.54) is 44.5 Å². The number of halogens is 1. The topological polar surface area (TPSA) is 83.1 Å². The lowest BCUT2D eigenvalue weighted by molar-refractivity contribution is 0.568. The first-order chi connectivity index (χ1) is 41.0. The number of hydrogen-bond acceptors (Lipinski definition) is 4. The van der Waals surface area contributed by atoms with Gasteiger partial charge in [0, 0.05) is 47.9 Å². The number of nitrogens with one attached hydrogen (secondary N) is 2. The lowest BCUT2D eigenvalue weighted by Crippen LogP contribution is -2.16. The zero-order valence-electron chi connectivity index (χ0n) is 57.8. The van der Waals surface area contributed by atoms with Crippen molar-refractivity contribution in [2.45, 2.75) is 209 Å². The van der Waals surface area contributed by atoms with Gasteiger partial charge in [0.15, 0.2) is 0 Å². The summed E-state index contributed by atoms with van der Waals surface area (Å²) in [5, 5.41) is 0. The Morgan fingerprint density at radius 3 is 0.787 bits per heavy atom. The van der Waals surface area contributed by atoms with Gasteiger partial charge in [-0.25, -0.2) is 19.9 Å². The Hall–Kier alpha value is -6.97. The van der Waals surface area contributed by atoms with Gasteiger partial charge in [0.1, 0.15) is 22.8 Å². The maximum atomic E-state index is 6.16. The molecular formula is C82H95IN6. The fraction of sp³-hybridized carbons (Fsp3) is 0.390. The van der Waals surface area contributed by atoms with Crippen molar-refractivity contribution >= 4 is 65.3 Å². The zero-order valence-corrected chi connectivity index (χ0v) is 59.9. The highest BCUT2D eigenvalue weighted by Crippen LogP contribution is 2.50. The summed E-state index contributed by atoms with van der Waals surface area (Å²) in [5.74, 6) is 0. The number of para-hydroxylation sites is 2. The van der Waals surface area contributed by atoms with Crippen molar-refractivity contribution in [2.24, 2.45) is 0 Å². The van der Waals surface area contributed by atoms with Crippen molar-refractivity contribution in [3.05, 3.63) is 177 Å². The van der Waals surface area contributed by atoms with Crippen molar-refractivity contribution in [1.29, 1.82) is 0 Å². The Morgan fingerprint density at radius 1 is 0.270 bits per heavy atom. The quantitative estimate of drug-likeness (QED) is 0.172. The van der Waals surface area contributed by atoms with Gasteiger partial charge in [-0.2, -0.15) is 0 Å². The average Bonchev–Trinajstić information content (AvgIpc) is 1.61. The summed E-state index contributed by atoms with van der Waals surface area (Å²) in [7, 11) is 0. The van der Waals surface area contributed by atoms with Crippen LogP contribution in [0.1, 0.15) is 222 Å². The zero-order chi connectivity index (χ0) is 64.8. The molecular weight excluding hydrogens is 1200 g/mol. The smallest absolute Gasteiger partial charge is 0.118 e. The van der Waals surface area contributed by atoms with Gasteiger partial charge in [0.05, 0.1) is 22.4 Å². The van der Waals surface area contributed by atoms with Crippen LogP contribution < -0.4 is 0 Å². The minimum absolute atomic E-state index is 0.140. The number of H-pyrrole nitrogens is 2. The average molecular weight is 1290 g/mol. The van der Waals surface area contributed by atoms with E-state index in [4.69, 9.17) is 19.9 Å². The highest BCUT2D eigenvalue weighted by Gasteiger charge is 2.33. The van der Waals surface area contributed by atoms with Crippen LogP contribution in [0.4, 0.5) is 0 Å². The first-order valence-electron chi connectivity index (χ1n) is 32.1. The molecule has 0 unspecified atom stereocenters. The van der Waals surface area contributed by atoms with Gasteiger partial charge in [-0.15, -0.1) is 0 Å². The molecule has 0 saturated heterocycles.